The maximum absolute atomic E-state index is 12.4. The van der Waals surface area contributed by atoms with Gasteiger partial charge in [-0.1, -0.05) is 15.9 Å². The minimum absolute atomic E-state index is 0.160. The van der Waals surface area contributed by atoms with Gasteiger partial charge in [0, 0.05) is 14.6 Å². The lowest BCUT2D eigenvalue weighted by Gasteiger charge is -2.10. The Morgan fingerprint density at radius 1 is 1.10 bits per heavy atom. The second-order valence-electron chi connectivity index (χ2n) is 4.35. The predicted octanol–water partition coefficient (Wildman–Crippen LogP) is 4.02. The largest absolute Gasteiger partial charge is 0.264 e. The molecule has 106 valence electrons. The highest BCUT2D eigenvalue weighted by atomic mass is 79.9. The number of nitrogens with zero attached hydrogens (tertiary/aromatic N) is 1. The van der Waals surface area contributed by atoms with Crippen molar-refractivity contribution in [1.29, 1.82) is 0 Å². The molecule has 1 aromatic carbocycles. The Balaban J connectivity index is 2.43. The molecule has 2 rings (SSSR count). The second kappa shape index (κ2) is 5.83. The summed E-state index contributed by atoms with van der Waals surface area (Å²) in [6, 6.07) is 8.55. The van der Waals surface area contributed by atoms with Gasteiger partial charge in [-0.2, -0.15) is 0 Å². The minimum Gasteiger partial charge on any atom is -0.263 e. The van der Waals surface area contributed by atoms with Crippen LogP contribution in [0.2, 0.25) is 0 Å². The Hall–Kier alpha value is -0.920. The second-order valence-corrected chi connectivity index (χ2v) is 7.77. The number of halogens is 2. The van der Waals surface area contributed by atoms with E-state index in [1.54, 1.807) is 18.2 Å². The van der Waals surface area contributed by atoms with E-state index in [1.807, 2.05) is 19.9 Å². The van der Waals surface area contributed by atoms with Crippen LogP contribution in [-0.2, 0) is 10.0 Å². The van der Waals surface area contributed by atoms with Crippen molar-refractivity contribution in [2.75, 3.05) is 4.72 Å². The first-order chi connectivity index (χ1) is 9.28. The summed E-state index contributed by atoms with van der Waals surface area (Å²) in [6.45, 7) is 3.71. The van der Waals surface area contributed by atoms with Crippen LogP contribution >= 0.6 is 31.9 Å². The van der Waals surface area contributed by atoms with E-state index in [2.05, 4.69) is 41.6 Å². The molecule has 20 heavy (non-hydrogen) atoms. The molecule has 0 atom stereocenters. The van der Waals surface area contributed by atoms with Crippen LogP contribution in [0.4, 0.5) is 5.82 Å². The minimum atomic E-state index is -3.69. The number of nitrogens with one attached hydrogen (secondary N) is 1. The number of aryl methyl sites for hydroxylation is 2. The van der Waals surface area contributed by atoms with Gasteiger partial charge in [-0.15, -0.1) is 0 Å². The van der Waals surface area contributed by atoms with Gasteiger partial charge in [0.15, 0.2) is 0 Å². The molecule has 0 radical (unpaired) electrons. The van der Waals surface area contributed by atoms with Crippen LogP contribution in [-0.4, -0.2) is 13.4 Å². The maximum atomic E-state index is 12.4. The molecule has 7 heteroatoms. The van der Waals surface area contributed by atoms with Crippen molar-refractivity contribution in [1.82, 2.24) is 4.98 Å². The Morgan fingerprint density at radius 3 is 2.45 bits per heavy atom. The van der Waals surface area contributed by atoms with Crippen LogP contribution < -0.4 is 4.72 Å². The lowest BCUT2D eigenvalue weighted by molar-refractivity contribution is 0.600. The standard InChI is InChI=1S/C13H12Br2N2O2S/c1-8-5-9(2)16-13(6-8)17-20(18,19)12-7-10(14)3-4-11(12)15/h3-7H,1-2H3,(H,16,17). The van der Waals surface area contributed by atoms with Gasteiger partial charge in [-0.3, -0.25) is 4.72 Å². The van der Waals surface area contributed by atoms with Gasteiger partial charge in [-0.25, -0.2) is 13.4 Å². The van der Waals surface area contributed by atoms with E-state index in [9.17, 15) is 8.42 Å². The van der Waals surface area contributed by atoms with E-state index in [1.165, 1.54) is 6.07 Å². The Kier molecular flexibility index (Phi) is 4.51. The van der Waals surface area contributed by atoms with Crippen molar-refractivity contribution < 1.29 is 8.42 Å². The van der Waals surface area contributed by atoms with Crippen molar-refractivity contribution in [3.63, 3.8) is 0 Å². The molecule has 0 spiro atoms. The van der Waals surface area contributed by atoms with Gasteiger partial charge in [0.05, 0.1) is 0 Å². The topological polar surface area (TPSA) is 59.1 Å². The quantitative estimate of drug-likeness (QED) is 0.816. The zero-order valence-electron chi connectivity index (χ0n) is 10.8. The van der Waals surface area contributed by atoms with Gasteiger partial charge < -0.3 is 0 Å². The summed E-state index contributed by atoms with van der Waals surface area (Å²) in [6.07, 6.45) is 0. The van der Waals surface area contributed by atoms with Crippen LogP contribution in [0, 0.1) is 13.8 Å². The molecule has 0 aliphatic rings. The van der Waals surface area contributed by atoms with E-state index < -0.39 is 10.0 Å². The molecule has 0 aliphatic carbocycles. The van der Waals surface area contributed by atoms with Crippen molar-refractivity contribution in [2.24, 2.45) is 0 Å². The highest BCUT2D eigenvalue weighted by Crippen LogP contribution is 2.27. The van der Waals surface area contributed by atoms with Crippen molar-refractivity contribution in [3.8, 4) is 0 Å². The predicted molar refractivity (Wildman–Crippen MR) is 86.4 cm³/mol. The number of sulfonamides is 1. The number of benzene rings is 1. The van der Waals surface area contributed by atoms with Crippen LogP contribution in [0.5, 0.6) is 0 Å². The van der Waals surface area contributed by atoms with E-state index in [4.69, 9.17) is 0 Å². The zero-order chi connectivity index (χ0) is 14.9. The fraction of sp³-hybridized carbons (Fsp3) is 0.154. The number of hydrogen-bond donors (Lipinski definition) is 1. The van der Waals surface area contributed by atoms with Gasteiger partial charge in [0.1, 0.15) is 10.7 Å². The number of rotatable bonds is 3. The summed E-state index contributed by atoms with van der Waals surface area (Å²) >= 11 is 6.52. The van der Waals surface area contributed by atoms with Crippen molar-refractivity contribution >= 4 is 47.7 Å². The van der Waals surface area contributed by atoms with E-state index in [0.717, 1.165) is 11.3 Å². The summed E-state index contributed by atoms with van der Waals surface area (Å²) in [7, 11) is -3.69. The molecular formula is C13H12Br2N2O2S. The third-order valence-corrected chi connectivity index (χ3v) is 5.36. The van der Waals surface area contributed by atoms with E-state index in [0.29, 0.717) is 14.8 Å². The molecule has 0 saturated heterocycles. The molecule has 0 aliphatic heterocycles. The Bertz CT molecular complexity index is 741. The van der Waals surface area contributed by atoms with Gasteiger partial charge >= 0.3 is 0 Å². The first kappa shape index (κ1) is 15.5. The maximum Gasteiger partial charge on any atom is 0.264 e. The molecule has 0 amide bonds. The zero-order valence-corrected chi connectivity index (χ0v) is 14.8. The summed E-state index contributed by atoms with van der Waals surface area (Å²) in [4.78, 5) is 4.34. The number of pyridine rings is 1. The smallest absolute Gasteiger partial charge is 0.263 e. The first-order valence-electron chi connectivity index (χ1n) is 5.71. The van der Waals surface area contributed by atoms with Crippen LogP contribution in [0.25, 0.3) is 0 Å². The van der Waals surface area contributed by atoms with Crippen LogP contribution in [0.1, 0.15) is 11.3 Å². The van der Waals surface area contributed by atoms with Crippen molar-refractivity contribution in [2.45, 2.75) is 18.7 Å². The molecule has 0 fully saturated rings. The highest BCUT2D eigenvalue weighted by molar-refractivity contribution is 9.11. The molecule has 0 bridgehead atoms. The van der Waals surface area contributed by atoms with Gasteiger partial charge in [0.2, 0.25) is 0 Å². The summed E-state index contributed by atoms with van der Waals surface area (Å²) in [5.41, 5.74) is 1.71. The number of hydrogen-bond acceptors (Lipinski definition) is 3. The molecule has 1 heterocycles. The van der Waals surface area contributed by atoms with Gasteiger partial charge in [0.25, 0.3) is 10.0 Å². The lowest BCUT2D eigenvalue weighted by Crippen LogP contribution is -2.15. The SMILES string of the molecule is Cc1cc(C)nc(NS(=O)(=O)c2cc(Br)ccc2Br)c1. The van der Waals surface area contributed by atoms with Crippen LogP contribution in [0.3, 0.4) is 0 Å². The number of anilines is 1. The summed E-state index contributed by atoms with van der Waals surface area (Å²) < 4.78 is 28.5. The Labute approximate surface area is 134 Å². The van der Waals surface area contributed by atoms with Crippen molar-refractivity contribution in [3.05, 3.63) is 50.5 Å². The lowest BCUT2D eigenvalue weighted by atomic mass is 10.2. The first-order valence-corrected chi connectivity index (χ1v) is 8.78. The van der Waals surface area contributed by atoms with E-state index in [-0.39, 0.29) is 4.90 Å². The average molecular weight is 420 g/mol. The molecule has 2 aromatic rings. The number of aromatic nitrogens is 1. The molecule has 1 aromatic heterocycles. The average Bonchev–Trinajstić information content (AvgIpc) is 2.30. The fourth-order valence-corrected chi connectivity index (χ4v) is 4.26. The third-order valence-electron chi connectivity index (χ3n) is 2.52. The van der Waals surface area contributed by atoms with Crippen LogP contribution in [0.15, 0.2) is 44.2 Å². The van der Waals surface area contributed by atoms with E-state index >= 15 is 0 Å². The monoisotopic (exact) mass is 418 g/mol. The van der Waals surface area contributed by atoms with Gasteiger partial charge in [-0.05, 0) is 65.7 Å². The summed E-state index contributed by atoms with van der Waals surface area (Å²) in [5, 5.41) is 0. The molecular weight excluding hydrogens is 408 g/mol. The molecule has 0 unspecified atom stereocenters. The highest BCUT2D eigenvalue weighted by Gasteiger charge is 2.19. The fourth-order valence-electron chi connectivity index (χ4n) is 1.77. The Morgan fingerprint density at radius 2 is 1.80 bits per heavy atom. The molecule has 1 N–H and O–H groups in total. The molecule has 4 nitrogen and oxygen atoms in total. The molecule has 0 saturated carbocycles. The third kappa shape index (κ3) is 3.59. The normalized spacial score (nSPS) is 11.4. The summed E-state index contributed by atoms with van der Waals surface area (Å²) in [5.74, 6) is 0.314.